The number of fused-ring (bicyclic) bond motifs is 4. The Morgan fingerprint density at radius 3 is 2.94 bits per heavy atom. The molecule has 2 fully saturated rings. The van der Waals surface area contributed by atoms with E-state index in [2.05, 4.69) is 0 Å². The number of ether oxygens (including phenoxy) is 1. The van der Waals surface area contributed by atoms with Crippen molar-refractivity contribution in [2.45, 2.75) is 18.9 Å². The van der Waals surface area contributed by atoms with Gasteiger partial charge >= 0.3 is 0 Å². The van der Waals surface area contributed by atoms with E-state index in [4.69, 9.17) is 4.74 Å². The minimum Gasteiger partial charge on any atom is -0.508 e. The van der Waals surface area contributed by atoms with Crippen LogP contribution in [0.3, 0.4) is 0 Å². The third-order valence-electron chi connectivity index (χ3n) is 3.86. The molecule has 0 aromatic carbocycles. The van der Waals surface area contributed by atoms with Crippen molar-refractivity contribution in [3.05, 3.63) is 11.5 Å². The van der Waals surface area contributed by atoms with E-state index in [1.54, 1.807) is 4.90 Å². The van der Waals surface area contributed by atoms with E-state index in [0.717, 1.165) is 6.42 Å². The Morgan fingerprint density at radius 1 is 1.31 bits per heavy atom. The summed E-state index contributed by atoms with van der Waals surface area (Å²) >= 11 is 0. The van der Waals surface area contributed by atoms with Gasteiger partial charge in [0.2, 0.25) is 5.76 Å². The molecule has 2 saturated heterocycles. The number of amides is 1. The lowest BCUT2D eigenvalue weighted by Crippen LogP contribution is -2.57. The number of carbonyl (C=O) groups is 1. The fraction of sp³-hybridized carbons (Fsp3) is 0.727. The molecule has 0 aromatic heterocycles. The fourth-order valence-electron chi connectivity index (χ4n) is 3.08. The van der Waals surface area contributed by atoms with Crippen LogP contribution in [0.25, 0.3) is 0 Å². The highest BCUT2D eigenvalue weighted by Gasteiger charge is 2.45. The van der Waals surface area contributed by atoms with Crippen LogP contribution in [0, 0.1) is 11.8 Å². The molecular weight excluding hydrogens is 210 g/mol. The first kappa shape index (κ1) is 9.96. The maximum absolute atomic E-state index is 11.8. The van der Waals surface area contributed by atoms with Gasteiger partial charge in [0.25, 0.3) is 5.91 Å². The van der Waals surface area contributed by atoms with Crippen LogP contribution in [-0.4, -0.2) is 46.8 Å². The van der Waals surface area contributed by atoms with Gasteiger partial charge in [-0.15, -0.1) is 0 Å². The van der Waals surface area contributed by atoms with Gasteiger partial charge in [-0.3, -0.25) is 4.79 Å². The molecule has 1 unspecified atom stereocenters. The van der Waals surface area contributed by atoms with E-state index in [9.17, 15) is 15.0 Å². The summed E-state index contributed by atoms with van der Waals surface area (Å²) in [6, 6.07) is -0.0000463. The van der Waals surface area contributed by atoms with Crippen LogP contribution in [0.15, 0.2) is 11.5 Å². The molecule has 0 saturated carbocycles. The number of carbonyl (C=O) groups excluding carboxylic acids is 1. The molecule has 0 aliphatic carbocycles. The van der Waals surface area contributed by atoms with E-state index in [1.807, 2.05) is 0 Å². The van der Waals surface area contributed by atoms with Crippen molar-refractivity contribution in [1.29, 1.82) is 0 Å². The number of hydrogen-bond acceptors (Lipinski definition) is 4. The van der Waals surface area contributed by atoms with Gasteiger partial charge in [0.1, 0.15) is 5.76 Å². The van der Waals surface area contributed by atoms with Crippen molar-refractivity contribution < 1.29 is 19.7 Å². The summed E-state index contributed by atoms with van der Waals surface area (Å²) in [6.07, 6.45) is 1.42. The zero-order valence-corrected chi connectivity index (χ0v) is 8.93. The van der Waals surface area contributed by atoms with Crippen LogP contribution in [0.2, 0.25) is 0 Å². The Hall–Kier alpha value is -1.23. The van der Waals surface area contributed by atoms with Crippen LogP contribution in [0.4, 0.5) is 0 Å². The minimum atomic E-state index is -0.475. The molecule has 3 aliphatic rings. The van der Waals surface area contributed by atoms with Gasteiger partial charge in [-0.2, -0.15) is 0 Å². The average Bonchev–Trinajstić information content (AvgIpc) is 2.29. The standard InChI is InChI=1S/C11H15NO4/c13-9-2-8-7-1-6(4-16-5-7)3-12(8)11(15)10(9)14/h6-8,13-14H,1-5H2/t6?,7-,8-/m0/s1. The van der Waals surface area contributed by atoms with E-state index < -0.39 is 11.7 Å². The zero-order valence-electron chi connectivity index (χ0n) is 8.93. The van der Waals surface area contributed by atoms with Crippen molar-refractivity contribution in [2.75, 3.05) is 19.8 Å². The Bertz CT molecular complexity index is 365. The summed E-state index contributed by atoms with van der Waals surface area (Å²) in [7, 11) is 0. The molecular formula is C11H15NO4. The molecule has 1 amide bonds. The Balaban J connectivity index is 1.92. The van der Waals surface area contributed by atoms with Gasteiger partial charge in [-0.25, -0.2) is 0 Å². The highest BCUT2D eigenvalue weighted by molar-refractivity contribution is 5.92. The van der Waals surface area contributed by atoms with Crippen LogP contribution in [-0.2, 0) is 9.53 Å². The fourth-order valence-corrected chi connectivity index (χ4v) is 3.08. The van der Waals surface area contributed by atoms with Gasteiger partial charge in [-0.05, 0) is 6.42 Å². The van der Waals surface area contributed by atoms with E-state index in [1.165, 1.54) is 0 Å². The molecule has 16 heavy (non-hydrogen) atoms. The topological polar surface area (TPSA) is 70.0 Å². The van der Waals surface area contributed by atoms with Crippen molar-refractivity contribution >= 4 is 5.91 Å². The van der Waals surface area contributed by atoms with Crippen molar-refractivity contribution in [3.8, 4) is 0 Å². The molecule has 88 valence electrons. The molecule has 0 spiro atoms. The third-order valence-corrected chi connectivity index (χ3v) is 3.86. The lowest BCUT2D eigenvalue weighted by Gasteiger charge is -2.48. The summed E-state index contributed by atoms with van der Waals surface area (Å²) < 4.78 is 5.48. The van der Waals surface area contributed by atoms with Gasteiger partial charge in [-0.1, -0.05) is 0 Å². The quantitative estimate of drug-likeness (QED) is 0.632. The van der Waals surface area contributed by atoms with Crippen LogP contribution < -0.4 is 0 Å². The van der Waals surface area contributed by atoms with Crippen molar-refractivity contribution in [1.82, 2.24) is 4.90 Å². The second-order valence-corrected chi connectivity index (χ2v) is 4.92. The van der Waals surface area contributed by atoms with E-state index >= 15 is 0 Å². The van der Waals surface area contributed by atoms with Gasteiger partial charge in [0.15, 0.2) is 0 Å². The summed E-state index contributed by atoms with van der Waals surface area (Å²) in [5.74, 6) is -0.392. The van der Waals surface area contributed by atoms with Crippen LogP contribution in [0.5, 0.6) is 0 Å². The largest absolute Gasteiger partial charge is 0.508 e. The SMILES string of the molecule is O=C1C(O)=C(O)C[C@H]2[C@@H]3COCC(C3)CN12. The summed E-state index contributed by atoms with van der Waals surface area (Å²) in [5, 5.41) is 19.0. The predicted octanol–water partition coefficient (Wildman–Crippen LogP) is 0.581. The lowest BCUT2D eigenvalue weighted by molar-refractivity contribution is -0.146. The summed E-state index contributed by atoms with van der Waals surface area (Å²) in [4.78, 5) is 13.5. The molecule has 3 heterocycles. The minimum absolute atomic E-state index is 0.0000463. The summed E-state index contributed by atoms with van der Waals surface area (Å²) in [6.45, 7) is 1.99. The molecule has 3 aliphatic heterocycles. The molecule has 5 heteroatoms. The first-order valence-electron chi connectivity index (χ1n) is 5.66. The Labute approximate surface area is 93.3 Å². The number of nitrogens with zero attached hydrogens (tertiary/aromatic N) is 1. The number of hydrogen-bond donors (Lipinski definition) is 2. The molecule has 3 atom stereocenters. The molecule has 0 radical (unpaired) electrons. The van der Waals surface area contributed by atoms with Gasteiger partial charge in [0, 0.05) is 30.8 Å². The molecule has 0 aromatic rings. The van der Waals surface area contributed by atoms with Gasteiger partial charge < -0.3 is 19.8 Å². The van der Waals surface area contributed by atoms with Crippen LogP contribution in [0.1, 0.15) is 12.8 Å². The number of aliphatic hydroxyl groups excluding tert-OH is 2. The maximum Gasteiger partial charge on any atom is 0.292 e. The Morgan fingerprint density at radius 2 is 2.12 bits per heavy atom. The second-order valence-electron chi connectivity index (χ2n) is 4.92. The monoisotopic (exact) mass is 225 g/mol. The van der Waals surface area contributed by atoms with Crippen molar-refractivity contribution in [3.63, 3.8) is 0 Å². The zero-order chi connectivity index (χ0) is 11.3. The molecule has 3 rings (SSSR count). The predicted molar refractivity (Wildman–Crippen MR) is 54.8 cm³/mol. The first-order chi connectivity index (χ1) is 7.66. The van der Waals surface area contributed by atoms with E-state index in [-0.39, 0.29) is 11.8 Å². The molecule has 5 nitrogen and oxygen atoms in total. The average molecular weight is 225 g/mol. The normalized spacial score (nSPS) is 38.6. The third kappa shape index (κ3) is 1.31. The van der Waals surface area contributed by atoms with Crippen molar-refractivity contribution in [2.24, 2.45) is 11.8 Å². The maximum atomic E-state index is 11.8. The lowest BCUT2D eigenvalue weighted by atomic mass is 9.79. The van der Waals surface area contributed by atoms with Gasteiger partial charge in [0.05, 0.1) is 13.2 Å². The number of piperidine rings is 1. The smallest absolute Gasteiger partial charge is 0.292 e. The molecule has 2 bridgehead atoms. The van der Waals surface area contributed by atoms with E-state index in [0.29, 0.717) is 38.0 Å². The molecule has 2 N–H and O–H groups in total. The Kier molecular flexibility index (Phi) is 2.10. The number of rotatable bonds is 0. The summed E-state index contributed by atoms with van der Waals surface area (Å²) in [5.41, 5.74) is 0. The first-order valence-corrected chi connectivity index (χ1v) is 5.66. The highest BCUT2D eigenvalue weighted by Crippen LogP contribution is 2.37. The highest BCUT2D eigenvalue weighted by atomic mass is 16.5. The second kappa shape index (κ2) is 3.38. The van der Waals surface area contributed by atoms with Crippen LogP contribution >= 0.6 is 0 Å². The number of aliphatic hydroxyl groups is 2.